The van der Waals surface area contributed by atoms with Crippen LogP contribution in [-0.2, 0) is 11.3 Å². The van der Waals surface area contributed by atoms with E-state index >= 15 is 0 Å². The lowest BCUT2D eigenvalue weighted by Crippen LogP contribution is -2.43. The Kier molecular flexibility index (Phi) is 6.42. The zero-order valence-electron chi connectivity index (χ0n) is 17.5. The van der Waals surface area contributed by atoms with Crippen molar-refractivity contribution in [2.75, 3.05) is 27.3 Å². The summed E-state index contributed by atoms with van der Waals surface area (Å²) in [5.74, 6) is 1.97. The number of ether oxygens (including phenoxy) is 3. The van der Waals surface area contributed by atoms with Crippen LogP contribution >= 0.6 is 0 Å². The number of carbonyl (C=O) groups excluding carboxylic acids is 1. The predicted octanol–water partition coefficient (Wildman–Crippen LogP) is 2.97. The van der Waals surface area contributed by atoms with Gasteiger partial charge in [0.15, 0.2) is 0 Å². The number of methoxy groups -OCH3 is 2. The van der Waals surface area contributed by atoms with Gasteiger partial charge >= 0.3 is 0 Å². The minimum absolute atomic E-state index is 0.0803. The molecule has 0 N–H and O–H groups in total. The molecule has 0 bridgehead atoms. The standard InChI is InChI=1S/C22H24N4O5/c1-28-18-10-16(11-19(12-18)29-2)22(27)26-9-3-4-17(13-26)30-14-20-24-21(25-31-20)15-5-7-23-8-6-15/h5-8,10-12,17H,3-4,9,13-14H2,1-2H3. The molecule has 0 saturated carbocycles. The van der Waals surface area contributed by atoms with E-state index in [1.807, 2.05) is 12.1 Å². The third kappa shape index (κ3) is 5.00. The summed E-state index contributed by atoms with van der Waals surface area (Å²) >= 11 is 0. The van der Waals surface area contributed by atoms with Crippen LogP contribution in [0.1, 0.15) is 29.1 Å². The zero-order chi connectivity index (χ0) is 21.6. The quantitative estimate of drug-likeness (QED) is 0.571. The molecule has 3 aromatic rings. The van der Waals surface area contributed by atoms with Crippen molar-refractivity contribution >= 4 is 5.91 Å². The Hall–Kier alpha value is -3.46. The van der Waals surface area contributed by atoms with Gasteiger partial charge in [-0.25, -0.2) is 0 Å². The number of likely N-dealkylation sites (tertiary alicyclic amines) is 1. The average Bonchev–Trinajstić information content (AvgIpc) is 3.32. The maximum Gasteiger partial charge on any atom is 0.254 e. The first-order valence-electron chi connectivity index (χ1n) is 10.0. The van der Waals surface area contributed by atoms with Crippen LogP contribution in [0.15, 0.2) is 47.2 Å². The van der Waals surface area contributed by atoms with Crippen molar-refractivity contribution < 1.29 is 23.5 Å². The van der Waals surface area contributed by atoms with Crippen molar-refractivity contribution in [1.29, 1.82) is 0 Å². The molecule has 1 atom stereocenters. The Morgan fingerprint density at radius 3 is 2.61 bits per heavy atom. The van der Waals surface area contributed by atoms with Gasteiger partial charge in [-0.3, -0.25) is 9.78 Å². The highest BCUT2D eigenvalue weighted by Crippen LogP contribution is 2.25. The number of aromatic nitrogens is 3. The summed E-state index contributed by atoms with van der Waals surface area (Å²) in [5.41, 5.74) is 1.35. The fraction of sp³-hybridized carbons (Fsp3) is 0.364. The minimum Gasteiger partial charge on any atom is -0.497 e. The number of benzene rings is 1. The Labute approximate surface area is 179 Å². The first kappa shape index (κ1) is 20.8. The summed E-state index contributed by atoms with van der Waals surface area (Å²) in [4.78, 5) is 23.2. The summed E-state index contributed by atoms with van der Waals surface area (Å²) < 4.78 is 21.8. The van der Waals surface area contributed by atoms with Gasteiger partial charge in [0.05, 0.1) is 20.3 Å². The van der Waals surface area contributed by atoms with Crippen LogP contribution in [0.3, 0.4) is 0 Å². The molecule has 162 valence electrons. The van der Waals surface area contributed by atoms with E-state index in [0.29, 0.717) is 41.9 Å². The molecule has 1 fully saturated rings. The number of rotatable bonds is 7. The Balaban J connectivity index is 1.37. The zero-order valence-corrected chi connectivity index (χ0v) is 17.5. The van der Waals surface area contributed by atoms with E-state index in [-0.39, 0.29) is 18.6 Å². The normalized spacial score (nSPS) is 16.2. The molecule has 3 heterocycles. The van der Waals surface area contributed by atoms with E-state index in [1.54, 1.807) is 49.7 Å². The first-order valence-corrected chi connectivity index (χ1v) is 10.0. The number of nitrogens with zero attached hydrogens (tertiary/aromatic N) is 4. The van der Waals surface area contributed by atoms with E-state index in [1.165, 1.54) is 0 Å². The highest BCUT2D eigenvalue weighted by molar-refractivity contribution is 5.95. The molecule has 4 rings (SSSR count). The summed E-state index contributed by atoms with van der Waals surface area (Å²) in [6, 6.07) is 8.80. The van der Waals surface area contributed by atoms with Crippen LogP contribution in [0, 0.1) is 0 Å². The molecule has 1 amide bonds. The van der Waals surface area contributed by atoms with Crippen molar-refractivity contribution in [3.05, 3.63) is 54.2 Å². The average molecular weight is 424 g/mol. The molecule has 0 spiro atoms. The van der Waals surface area contributed by atoms with E-state index in [4.69, 9.17) is 18.7 Å². The number of carbonyl (C=O) groups is 1. The van der Waals surface area contributed by atoms with Crippen molar-refractivity contribution in [3.63, 3.8) is 0 Å². The van der Waals surface area contributed by atoms with Gasteiger partial charge in [0, 0.05) is 42.7 Å². The SMILES string of the molecule is COc1cc(OC)cc(C(=O)N2CCCC(OCc3nc(-c4ccncc4)no3)C2)c1. The van der Waals surface area contributed by atoms with E-state index in [9.17, 15) is 4.79 Å². The van der Waals surface area contributed by atoms with Crippen LogP contribution in [0.4, 0.5) is 0 Å². The Bertz CT molecular complexity index is 1000. The summed E-state index contributed by atoms with van der Waals surface area (Å²) in [6.07, 6.45) is 4.95. The molecule has 31 heavy (non-hydrogen) atoms. The van der Waals surface area contributed by atoms with Gasteiger partial charge in [-0.05, 0) is 37.1 Å². The fourth-order valence-corrected chi connectivity index (χ4v) is 3.49. The number of piperidine rings is 1. The molecule has 2 aromatic heterocycles. The van der Waals surface area contributed by atoms with Gasteiger partial charge in [0.2, 0.25) is 5.82 Å². The second kappa shape index (κ2) is 9.57. The molecule has 9 heteroatoms. The van der Waals surface area contributed by atoms with Gasteiger partial charge in [-0.15, -0.1) is 0 Å². The molecular weight excluding hydrogens is 400 g/mol. The number of hydrogen-bond acceptors (Lipinski definition) is 8. The monoisotopic (exact) mass is 424 g/mol. The lowest BCUT2D eigenvalue weighted by atomic mass is 10.1. The van der Waals surface area contributed by atoms with Crippen LogP contribution < -0.4 is 9.47 Å². The third-order valence-corrected chi connectivity index (χ3v) is 5.11. The van der Waals surface area contributed by atoms with Gasteiger partial charge in [0.25, 0.3) is 11.8 Å². The summed E-state index contributed by atoms with van der Waals surface area (Å²) in [5, 5.41) is 3.98. The molecule has 1 aliphatic rings. The van der Waals surface area contributed by atoms with Crippen molar-refractivity contribution in [2.45, 2.75) is 25.6 Å². The molecule has 1 unspecified atom stereocenters. The third-order valence-electron chi connectivity index (χ3n) is 5.11. The molecule has 1 saturated heterocycles. The minimum atomic E-state index is -0.110. The van der Waals surface area contributed by atoms with E-state index in [2.05, 4.69) is 15.1 Å². The highest BCUT2D eigenvalue weighted by atomic mass is 16.5. The highest BCUT2D eigenvalue weighted by Gasteiger charge is 2.26. The van der Waals surface area contributed by atoms with Crippen molar-refractivity contribution in [3.8, 4) is 22.9 Å². The molecule has 9 nitrogen and oxygen atoms in total. The molecule has 0 aliphatic carbocycles. The second-order valence-corrected chi connectivity index (χ2v) is 7.18. The van der Waals surface area contributed by atoms with Crippen LogP contribution in [0.25, 0.3) is 11.4 Å². The lowest BCUT2D eigenvalue weighted by Gasteiger charge is -2.32. The maximum atomic E-state index is 13.0. The second-order valence-electron chi connectivity index (χ2n) is 7.18. The van der Waals surface area contributed by atoms with Crippen molar-refractivity contribution in [1.82, 2.24) is 20.0 Å². The Morgan fingerprint density at radius 2 is 1.90 bits per heavy atom. The molecular formula is C22H24N4O5. The van der Waals surface area contributed by atoms with Gasteiger partial charge < -0.3 is 23.6 Å². The predicted molar refractivity (Wildman–Crippen MR) is 111 cm³/mol. The maximum absolute atomic E-state index is 13.0. The first-order chi connectivity index (χ1) is 15.2. The summed E-state index contributed by atoms with van der Waals surface area (Å²) in [6.45, 7) is 1.35. The van der Waals surface area contributed by atoms with Crippen molar-refractivity contribution in [2.24, 2.45) is 0 Å². The Morgan fingerprint density at radius 1 is 1.16 bits per heavy atom. The number of amides is 1. The van der Waals surface area contributed by atoms with Gasteiger partial charge in [-0.2, -0.15) is 4.98 Å². The smallest absolute Gasteiger partial charge is 0.254 e. The largest absolute Gasteiger partial charge is 0.497 e. The van der Waals surface area contributed by atoms with E-state index in [0.717, 1.165) is 18.4 Å². The van der Waals surface area contributed by atoms with Crippen LogP contribution in [0.2, 0.25) is 0 Å². The fourth-order valence-electron chi connectivity index (χ4n) is 3.49. The summed E-state index contributed by atoms with van der Waals surface area (Å²) in [7, 11) is 3.12. The number of pyridine rings is 1. The topological polar surface area (TPSA) is 99.8 Å². The number of hydrogen-bond donors (Lipinski definition) is 0. The van der Waals surface area contributed by atoms with Crippen LogP contribution in [-0.4, -0.2) is 59.3 Å². The van der Waals surface area contributed by atoms with Gasteiger partial charge in [0.1, 0.15) is 18.1 Å². The molecule has 1 aromatic carbocycles. The van der Waals surface area contributed by atoms with Crippen LogP contribution in [0.5, 0.6) is 11.5 Å². The molecule has 1 aliphatic heterocycles. The van der Waals surface area contributed by atoms with Gasteiger partial charge in [-0.1, -0.05) is 5.16 Å². The molecule has 0 radical (unpaired) electrons. The van der Waals surface area contributed by atoms with E-state index < -0.39 is 0 Å². The lowest BCUT2D eigenvalue weighted by molar-refractivity contribution is -0.0153.